The molecule has 1 heterocycles. The van der Waals surface area contributed by atoms with Gasteiger partial charge in [0.05, 0.1) is 0 Å². The summed E-state index contributed by atoms with van der Waals surface area (Å²) in [5, 5.41) is 0. The molecule has 0 bridgehead atoms. The van der Waals surface area contributed by atoms with Crippen molar-refractivity contribution in [3.05, 3.63) is 0 Å². The highest BCUT2D eigenvalue weighted by Crippen LogP contribution is 2.32. The Bertz CT molecular complexity index is 249. The van der Waals surface area contributed by atoms with Gasteiger partial charge in [-0.05, 0) is 32.4 Å². The van der Waals surface area contributed by atoms with E-state index in [1.165, 1.54) is 6.42 Å². The predicted octanol–water partition coefficient (Wildman–Crippen LogP) is 0.135. The summed E-state index contributed by atoms with van der Waals surface area (Å²) in [5.41, 5.74) is 5.73. The Balaban J connectivity index is 1.91. The van der Waals surface area contributed by atoms with E-state index in [2.05, 4.69) is 11.9 Å². The van der Waals surface area contributed by atoms with E-state index >= 15 is 0 Å². The Morgan fingerprint density at radius 2 is 1.94 bits per heavy atom. The zero-order valence-electron chi connectivity index (χ0n) is 10.2. The second-order valence-corrected chi connectivity index (χ2v) is 5.16. The number of likely N-dealkylation sites (N-methyl/N-ethyl adjacent to an activating group) is 1. The summed E-state index contributed by atoms with van der Waals surface area (Å²) < 4.78 is 0. The van der Waals surface area contributed by atoms with E-state index < -0.39 is 0 Å². The highest BCUT2D eigenvalue weighted by atomic mass is 16.2. The molecular weight excluding hydrogens is 202 g/mol. The molecule has 1 aliphatic heterocycles. The second kappa shape index (κ2) is 5.15. The van der Waals surface area contributed by atoms with Crippen LogP contribution >= 0.6 is 0 Å². The molecule has 4 nitrogen and oxygen atoms in total. The smallest absolute Gasteiger partial charge is 0.226 e. The number of hydrogen-bond acceptors (Lipinski definition) is 3. The van der Waals surface area contributed by atoms with Crippen molar-refractivity contribution in [2.45, 2.75) is 19.3 Å². The van der Waals surface area contributed by atoms with Crippen molar-refractivity contribution in [2.75, 3.05) is 39.8 Å². The molecule has 4 heteroatoms. The van der Waals surface area contributed by atoms with Gasteiger partial charge in [0, 0.05) is 32.1 Å². The van der Waals surface area contributed by atoms with Crippen LogP contribution in [0.2, 0.25) is 0 Å². The van der Waals surface area contributed by atoms with Gasteiger partial charge in [-0.15, -0.1) is 0 Å². The van der Waals surface area contributed by atoms with Crippen LogP contribution in [0.4, 0.5) is 0 Å². The Hall–Kier alpha value is -0.610. The van der Waals surface area contributed by atoms with Gasteiger partial charge in [-0.25, -0.2) is 0 Å². The number of hydrogen-bond donors (Lipinski definition) is 1. The maximum atomic E-state index is 12.3. The van der Waals surface area contributed by atoms with Crippen LogP contribution in [-0.4, -0.2) is 55.5 Å². The van der Waals surface area contributed by atoms with E-state index in [0.29, 0.717) is 18.4 Å². The molecule has 1 amide bonds. The largest absolute Gasteiger partial charge is 0.340 e. The zero-order valence-corrected chi connectivity index (χ0v) is 10.2. The third kappa shape index (κ3) is 2.38. The fourth-order valence-electron chi connectivity index (χ4n) is 2.91. The molecule has 1 aliphatic carbocycles. The minimum absolute atomic E-state index is 0.216. The molecule has 2 fully saturated rings. The van der Waals surface area contributed by atoms with Crippen molar-refractivity contribution in [1.82, 2.24) is 9.80 Å². The van der Waals surface area contributed by atoms with E-state index in [1.54, 1.807) is 0 Å². The molecule has 92 valence electrons. The zero-order chi connectivity index (χ0) is 11.5. The minimum Gasteiger partial charge on any atom is -0.340 e. The number of amides is 1. The van der Waals surface area contributed by atoms with Gasteiger partial charge in [-0.1, -0.05) is 6.42 Å². The average Bonchev–Trinajstić information content (AvgIpc) is 2.77. The van der Waals surface area contributed by atoms with E-state index in [1.807, 2.05) is 4.90 Å². The first kappa shape index (κ1) is 11.9. The number of nitrogens with zero attached hydrogens (tertiary/aromatic N) is 2. The van der Waals surface area contributed by atoms with Gasteiger partial charge >= 0.3 is 0 Å². The summed E-state index contributed by atoms with van der Waals surface area (Å²) in [4.78, 5) is 16.6. The van der Waals surface area contributed by atoms with Crippen molar-refractivity contribution < 1.29 is 4.79 Å². The first-order chi connectivity index (χ1) is 7.72. The van der Waals surface area contributed by atoms with Crippen LogP contribution in [0.3, 0.4) is 0 Å². The number of nitrogens with two attached hydrogens (primary N) is 1. The molecule has 1 saturated heterocycles. The van der Waals surface area contributed by atoms with Crippen molar-refractivity contribution in [2.24, 2.45) is 17.6 Å². The normalized spacial score (nSPS) is 32.0. The van der Waals surface area contributed by atoms with Gasteiger partial charge in [0.1, 0.15) is 0 Å². The van der Waals surface area contributed by atoms with Crippen LogP contribution < -0.4 is 5.73 Å². The summed E-state index contributed by atoms with van der Waals surface area (Å²) in [6.45, 7) is 4.47. The van der Waals surface area contributed by atoms with Gasteiger partial charge in [-0.3, -0.25) is 4.79 Å². The quantitative estimate of drug-likeness (QED) is 0.727. The second-order valence-electron chi connectivity index (χ2n) is 5.16. The summed E-state index contributed by atoms with van der Waals surface area (Å²) in [6, 6.07) is 0. The molecule has 2 atom stereocenters. The lowest BCUT2D eigenvalue weighted by Gasteiger charge is -2.35. The highest BCUT2D eigenvalue weighted by molar-refractivity contribution is 5.79. The molecule has 1 saturated carbocycles. The Morgan fingerprint density at radius 1 is 1.25 bits per heavy atom. The maximum Gasteiger partial charge on any atom is 0.226 e. The van der Waals surface area contributed by atoms with Crippen LogP contribution in [0.1, 0.15) is 19.3 Å². The monoisotopic (exact) mass is 225 g/mol. The predicted molar refractivity (Wildman–Crippen MR) is 64.0 cm³/mol. The van der Waals surface area contributed by atoms with Gasteiger partial charge in [0.25, 0.3) is 0 Å². The summed E-state index contributed by atoms with van der Waals surface area (Å²) >= 11 is 0. The molecule has 16 heavy (non-hydrogen) atoms. The first-order valence-electron chi connectivity index (χ1n) is 6.39. The van der Waals surface area contributed by atoms with E-state index in [9.17, 15) is 4.79 Å². The van der Waals surface area contributed by atoms with Crippen LogP contribution in [0.5, 0.6) is 0 Å². The molecule has 2 N–H and O–H groups in total. The molecule has 0 aromatic rings. The average molecular weight is 225 g/mol. The number of piperazine rings is 1. The third-order valence-corrected chi connectivity index (χ3v) is 4.09. The lowest BCUT2D eigenvalue weighted by molar-refractivity contribution is -0.138. The molecule has 0 unspecified atom stereocenters. The van der Waals surface area contributed by atoms with Crippen LogP contribution in [0, 0.1) is 11.8 Å². The van der Waals surface area contributed by atoms with Crippen molar-refractivity contribution in [3.8, 4) is 0 Å². The van der Waals surface area contributed by atoms with Gasteiger partial charge in [0.15, 0.2) is 0 Å². The molecule has 0 aromatic heterocycles. The third-order valence-electron chi connectivity index (χ3n) is 4.09. The SMILES string of the molecule is CN1CCN(C(=O)[C@@H]2CCC[C@@H]2CN)CC1. The molecular formula is C12H23N3O. The lowest BCUT2D eigenvalue weighted by atomic mass is 9.94. The lowest BCUT2D eigenvalue weighted by Crippen LogP contribution is -2.49. The molecule has 2 rings (SSSR count). The number of rotatable bonds is 2. The molecule has 2 aliphatic rings. The highest BCUT2D eigenvalue weighted by Gasteiger charge is 2.35. The standard InChI is InChI=1S/C12H23N3O/c1-14-5-7-15(8-6-14)12(16)11-4-2-3-10(11)9-13/h10-11H,2-9,13H2,1H3/t10-,11-/m1/s1. The van der Waals surface area contributed by atoms with Crippen molar-refractivity contribution in [1.29, 1.82) is 0 Å². The van der Waals surface area contributed by atoms with Crippen molar-refractivity contribution >= 4 is 5.91 Å². The van der Waals surface area contributed by atoms with E-state index in [-0.39, 0.29) is 5.92 Å². The van der Waals surface area contributed by atoms with Gasteiger partial charge in [-0.2, -0.15) is 0 Å². The Labute approximate surface area is 97.8 Å². The summed E-state index contributed by atoms with van der Waals surface area (Å²) in [6.07, 6.45) is 3.36. The fraction of sp³-hybridized carbons (Fsp3) is 0.917. The minimum atomic E-state index is 0.216. The van der Waals surface area contributed by atoms with Crippen LogP contribution in [0.15, 0.2) is 0 Å². The van der Waals surface area contributed by atoms with Crippen LogP contribution in [0.25, 0.3) is 0 Å². The van der Waals surface area contributed by atoms with Gasteiger partial charge < -0.3 is 15.5 Å². The summed E-state index contributed by atoms with van der Waals surface area (Å²) in [5.74, 6) is 1.02. The molecule has 0 aromatic carbocycles. The fourth-order valence-corrected chi connectivity index (χ4v) is 2.91. The Kier molecular flexibility index (Phi) is 3.82. The summed E-state index contributed by atoms with van der Waals surface area (Å²) in [7, 11) is 2.11. The maximum absolute atomic E-state index is 12.3. The first-order valence-corrected chi connectivity index (χ1v) is 6.39. The van der Waals surface area contributed by atoms with Crippen LogP contribution in [-0.2, 0) is 4.79 Å². The topological polar surface area (TPSA) is 49.6 Å². The van der Waals surface area contributed by atoms with Gasteiger partial charge in [0.2, 0.25) is 5.91 Å². The number of carbonyl (C=O) groups excluding carboxylic acids is 1. The van der Waals surface area contributed by atoms with Crippen molar-refractivity contribution in [3.63, 3.8) is 0 Å². The number of carbonyl (C=O) groups is 1. The van der Waals surface area contributed by atoms with E-state index in [0.717, 1.165) is 39.0 Å². The Morgan fingerprint density at radius 3 is 2.56 bits per heavy atom. The molecule has 0 radical (unpaired) electrons. The van der Waals surface area contributed by atoms with E-state index in [4.69, 9.17) is 5.73 Å². The molecule has 0 spiro atoms.